The zero-order valence-corrected chi connectivity index (χ0v) is 19.2. The number of aryl methyl sites for hydroxylation is 1. The first kappa shape index (κ1) is 23.9. The Labute approximate surface area is 190 Å². The molecule has 0 bridgehead atoms. The number of hydrogen-bond acceptors (Lipinski definition) is 4. The SMILES string of the molecule is Cc1ccc(C(=O)NCCNC(=O)C2CCCCC2)cc1S(=O)(=O)NCc1ccccc1. The fraction of sp³-hybridized carbons (Fsp3) is 0.417. The van der Waals surface area contributed by atoms with E-state index in [1.165, 1.54) is 12.5 Å². The van der Waals surface area contributed by atoms with E-state index >= 15 is 0 Å². The largest absolute Gasteiger partial charge is 0.354 e. The lowest BCUT2D eigenvalue weighted by Crippen LogP contribution is -2.38. The van der Waals surface area contributed by atoms with Gasteiger partial charge in [0, 0.05) is 31.1 Å². The Morgan fingerprint density at radius 3 is 2.34 bits per heavy atom. The highest BCUT2D eigenvalue weighted by Gasteiger charge is 2.21. The van der Waals surface area contributed by atoms with Gasteiger partial charge in [-0.25, -0.2) is 13.1 Å². The molecule has 1 fully saturated rings. The van der Waals surface area contributed by atoms with Gasteiger partial charge in [-0.05, 0) is 43.0 Å². The van der Waals surface area contributed by atoms with Crippen molar-refractivity contribution >= 4 is 21.8 Å². The predicted octanol–water partition coefficient (Wildman–Crippen LogP) is 2.90. The Morgan fingerprint density at radius 1 is 0.938 bits per heavy atom. The van der Waals surface area contributed by atoms with Crippen LogP contribution >= 0.6 is 0 Å². The van der Waals surface area contributed by atoms with Crippen LogP contribution in [0.25, 0.3) is 0 Å². The van der Waals surface area contributed by atoms with E-state index in [-0.39, 0.29) is 41.3 Å². The standard InChI is InChI=1S/C24H31N3O4S/c1-18-12-13-21(16-22(18)32(30,31)27-17-19-8-4-2-5-9-19)24(29)26-15-14-25-23(28)20-10-6-3-7-11-20/h2,4-5,8-9,12-13,16,20,27H,3,6-7,10-11,14-15,17H2,1H3,(H,25,28)(H,26,29). The van der Waals surface area contributed by atoms with E-state index in [0.717, 1.165) is 31.2 Å². The van der Waals surface area contributed by atoms with Gasteiger partial charge in [-0.2, -0.15) is 0 Å². The van der Waals surface area contributed by atoms with Crippen LogP contribution in [0.4, 0.5) is 0 Å². The topological polar surface area (TPSA) is 104 Å². The van der Waals surface area contributed by atoms with E-state index in [4.69, 9.17) is 0 Å². The molecule has 8 heteroatoms. The molecular formula is C24H31N3O4S. The van der Waals surface area contributed by atoms with E-state index in [9.17, 15) is 18.0 Å². The molecule has 0 spiro atoms. The van der Waals surface area contributed by atoms with E-state index in [1.54, 1.807) is 19.1 Å². The molecular weight excluding hydrogens is 426 g/mol. The van der Waals surface area contributed by atoms with Crippen molar-refractivity contribution in [2.45, 2.75) is 50.5 Å². The third kappa shape index (κ3) is 6.64. The van der Waals surface area contributed by atoms with Crippen LogP contribution in [-0.4, -0.2) is 33.3 Å². The third-order valence-corrected chi connectivity index (χ3v) is 7.28. The maximum Gasteiger partial charge on any atom is 0.251 e. The van der Waals surface area contributed by atoms with Gasteiger partial charge in [0.2, 0.25) is 15.9 Å². The summed E-state index contributed by atoms with van der Waals surface area (Å²) in [5.74, 6) is -0.253. The molecule has 1 aliphatic rings. The molecule has 2 aromatic carbocycles. The second-order valence-electron chi connectivity index (χ2n) is 8.17. The van der Waals surface area contributed by atoms with Gasteiger partial charge in [0.05, 0.1) is 4.90 Å². The molecule has 0 aromatic heterocycles. The Hall–Kier alpha value is -2.71. The minimum Gasteiger partial charge on any atom is -0.354 e. The van der Waals surface area contributed by atoms with Crippen LogP contribution in [0.5, 0.6) is 0 Å². The van der Waals surface area contributed by atoms with Crippen molar-refractivity contribution in [1.29, 1.82) is 0 Å². The van der Waals surface area contributed by atoms with Crippen molar-refractivity contribution in [2.24, 2.45) is 5.92 Å². The maximum absolute atomic E-state index is 12.8. The molecule has 0 aliphatic heterocycles. The molecule has 0 radical (unpaired) electrons. The molecule has 0 heterocycles. The number of sulfonamides is 1. The molecule has 3 N–H and O–H groups in total. The van der Waals surface area contributed by atoms with Crippen molar-refractivity contribution in [3.63, 3.8) is 0 Å². The van der Waals surface area contributed by atoms with Crippen LogP contribution in [0.3, 0.4) is 0 Å². The first-order valence-corrected chi connectivity index (χ1v) is 12.6. The molecule has 3 rings (SSSR count). The summed E-state index contributed by atoms with van der Waals surface area (Å²) in [5.41, 5.74) is 1.66. The summed E-state index contributed by atoms with van der Waals surface area (Å²) in [5, 5.41) is 5.62. The van der Waals surface area contributed by atoms with E-state index in [0.29, 0.717) is 12.1 Å². The van der Waals surface area contributed by atoms with Crippen LogP contribution in [0.1, 0.15) is 53.6 Å². The first-order valence-electron chi connectivity index (χ1n) is 11.1. The predicted molar refractivity (Wildman–Crippen MR) is 124 cm³/mol. The van der Waals surface area contributed by atoms with Crippen molar-refractivity contribution in [2.75, 3.05) is 13.1 Å². The number of hydrogen-bond donors (Lipinski definition) is 3. The van der Waals surface area contributed by atoms with Crippen molar-refractivity contribution in [3.05, 3.63) is 65.2 Å². The molecule has 7 nitrogen and oxygen atoms in total. The monoisotopic (exact) mass is 457 g/mol. The van der Waals surface area contributed by atoms with E-state index < -0.39 is 10.0 Å². The highest BCUT2D eigenvalue weighted by atomic mass is 32.2. The molecule has 0 unspecified atom stereocenters. The number of carbonyl (C=O) groups excluding carboxylic acids is 2. The third-order valence-electron chi connectivity index (χ3n) is 5.73. The van der Waals surface area contributed by atoms with Crippen LogP contribution < -0.4 is 15.4 Å². The molecule has 2 aromatic rings. The van der Waals surface area contributed by atoms with Gasteiger partial charge < -0.3 is 10.6 Å². The second-order valence-corrected chi connectivity index (χ2v) is 9.91. The zero-order valence-electron chi connectivity index (χ0n) is 18.4. The highest BCUT2D eigenvalue weighted by Crippen LogP contribution is 2.23. The van der Waals surface area contributed by atoms with Gasteiger partial charge in [0.15, 0.2) is 0 Å². The molecule has 32 heavy (non-hydrogen) atoms. The summed E-state index contributed by atoms with van der Waals surface area (Å²) in [6.45, 7) is 2.48. The molecule has 0 saturated heterocycles. The average Bonchev–Trinajstić information content (AvgIpc) is 2.81. The van der Waals surface area contributed by atoms with E-state index in [2.05, 4.69) is 15.4 Å². The van der Waals surface area contributed by atoms with Crippen LogP contribution in [0.2, 0.25) is 0 Å². The Kier molecular flexibility index (Phi) is 8.41. The van der Waals surface area contributed by atoms with Crippen LogP contribution in [0, 0.1) is 12.8 Å². The normalized spacial score (nSPS) is 14.7. The van der Waals surface area contributed by atoms with Gasteiger partial charge in [-0.15, -0.1) is 0 Å². The molecule has 1 aliphatic carbocycles. The molecule has 2 amide bonds. The average molecular weight is 458 g/mol. The van der Waals surface area contributed by atoms with Crippen LogP contribution in [-0.2, 0) is 21.4 Å². The summed E-state index contributed by atoms with van der Waals surface area (Å²) in [4.78, 5) is 24.8. The van der Waals surface area contributed by atoms with Gasteiger partial charge in [0.1, 0.15) is 0 Å². The second kappa shape index (κ2) is 11.2. The zero-order chi connectivity index (χ0) is 23.0. The Balaban J connectivity index is 1.54. The lowest BCUT2D eigenvalue weighted by Gasteiger charge is -2.20. The number of amides is 2. The van der Waals surface area contributed by atoms with Crippen molar-refractivity contribution in [3.8, 4) is 0 Å². The molecule has 1 saturated carbocycles. The lowest BCUT2D eigenvalue weighted by molar-refractivity contribution is -0.125. The minimum absolute atomic E-state index is 0.0483. The number of rotatable bonds is 9. The number of carbonyl (C=O) groups is 2. The fourth-order valence-corrected chi connectivity index (χ4v) is 5.14. The number of nitrogens with one attached hydrogen (secondary N) is 3. The Morgan fingerprint density at radius 2 is 1.62 bits per heavy atom. The van der Waals surface area contributed by atoms with Gasteiger partial charge in [-0.1, -0.05) is 55.7 Å². The maximum atomic E-state index is 12.8. The Bertz CT molecular complexity index is 1030. The van der Waals surface area contributed by atoms with Crippen molar-refractivity contribution < 1.29 is 18.0 Å². The van der Waals surface area contributed by atoms with Crippen LogP contribution in [0.15, 0.2) is 53.4 Å². The summed E-state index contributed by atoms with van der Waals surface area (Å²) in [6, 6.07) is 13.8. The smallest absolute Gasteiger partial charge is 0.251 e. The summed E-state index contributed by atoms with van der Waals surface area (Å²) in [7, 11) is -3.78. The van der Waals surface area contributed by atoms with Gasteiger partial charge >= 0.3 is 0 Å². The van der Waals surface area contributed by atoms with E-state index in [1.807, 2.05) is 30.3 Å². The lowest BCUT2D eigenvalue weighted by atomic mass is 9.89. The van der Waals surface area contributed by atoms with Gasteiger partial charge in [0.25, 0.3) is 5.91 Å². The van der Waals surface area contributed by atoms with Crippen molar-refractivity contribution in [1.82, 2.24) is 15.4 Å². The highest BCUT2D eigenvalue weighted by molar-refractivity contribution is 7.89. The minimum atomic E-state index is -3.78. The molecule has 0 atom stereocenters. The fourth-order valence-electron chi connectivity index (χ4n) is 3.86. The van der Waals surface area contributed by atoms with Gasteiger partial charge in [-0.3, -0.25) is 9.59 Å². The quantitative estimate of drug-likeness (QED) is 0.504. The molecule has 172 valence electrons. The summed E-state index contributed by atoms with van der Waals surface area (Å²) in [6.07, 6.45) is 5.23. The summed E-state index contributed by atoms with van der Waals surface area (Å²) < 4.78 is 28.2. The first-order chi connectivity index (χ1) is 15.4. The summed E-state index contributed by atoms with van der Waals surface area (Å²) >= 11 is 0. The number of benzene rings is 2.